The van der Waals surface area contributed by atoms with E-state index in [-0.39, 0.29) is 11.8 Å². The summed E-state index contributed by atoms with van der Waals surface area (Å²) in [6, 6.07) is 6.50. The van der Waals surface area contributed by atoms with Gasteiger partial charge in [-0.05, 0) is 43.3 Å². The zero-order valence-corrected chi connectivity index (χ0v) is 13.3. The lowest BCUT2D eigenvalue weighted by molar-refractivity contribution is -0.385. The van der Waals surface area contributed by atoms with Gasteiger partial charge in [0.15, 0.2) is 5.11 Å². The van der Waals surface area contributed by atoms with E-state index < -0.39 is 4.92 Å². The van der Waals surface area contributed by atoms with E-state index >= 15 is 0 Å². The molecule has 1 heterocycles. The number of nitrogens with one attached hydrogen (secondary N) is 2. The zero-order valence-electron chi connectivity index (χ0n) is 12.5. The van der Waals surface area contributed by atoms with Gasteiger partial charge in [0, 0.05) is 25.4 Å². The van der Waals surface area contributed by atoms with Gasteiger partial charge in [-0.1, -0.05) is 12.1 Å². The molecular weight excluding hydrogens is 316 g/mol. The quantitative estimate of drug-likeness (QED) is 0.359. The maximum Gasteiger partial charge on any atom is 0.276 e. The molecule has 0 spiro atoms. The molecule has 122 valence electrons. The van der Waals surface area contributed by atoms with Gasteiger partial charge in [-0.2, -0.15) is 5.10 Å². The molecule has 2 N–H and O–H groups in total. The predicted octanol–water partition coefficient (Wildman–Crippen LogP) is 2.24. The van der Waals surface area contributed by atoms with E-state index in [1.807, 2.05) is 0 Å². The number of nitrogens with zero attached hydrogens (tertiary/aromatic N) is 2. The second-order valence-electron chi connectivity index (χ2n) is 4.91. The van der Waals surface area contributed by atoms with Crippen LogP contribution in [0.3, 0.4) is 0 Å². The molecule has 0 amide bonds. The molecule has 1 saturated heterocycles. The number of benzene rings is 1. The summed E-state index contributed by atoms with van der Waals surface area (Å²) in [6.45, 7) is 1.47. The van der Waals surface area contributed by atoms with Crippen LogP contribution in [-0.2, 0) is 4.74 Å². The van der Waals surface area contributed by atoms with Crippen LogP contribution in [0.5, 0.6) is 0 Å². The van der Waals surface area contributed by atoms with Gasteiger partial charge in [0.2, 0.25) is 0 Å². The maximum atomic E-state index is 10.9. The summed E-state index contributed by atoms with van der Waals surface area (Å²) < 4.78 is 5.47. The average Bonchev–Trinajstić information content (AvgIpc) is 3.06. The number of ether oxygens (including phenoxy) is 1. The molecule has 1 aliphatic rings. The van der Waals surface area contributed by atoms with Crippen LogP contribution in [0.15, 0.2) is 35.4 Å². The van der Waals surface area contributed by atoms with Crippen molar-refractivity contribution in [1.29, 1.82) is 0 Å². The first kappa shape index (κ1) is 17.0. The maximum absolute atomic E-state index is 10.9. The Kier molecular flexibility index (Phi) is 6.64. The van der Waals surface area contributed by atoms with Crippen LogP contribution in [0.1, 0.15) is 18.4 Å². The number of hydrazone groups is 1. The highest BCUT2D eigenvalue weighted by Crippen LogP contribution is 2.18. The molecule has 0 bridgehead atoms. The molecule has 23 heavy (non-hydrogen) atoms. The number of nitro groups is 1. The molecule has 0 unspecified atom stereocenters. The van der Waals surface area contributed by atoms with Crippen LogP contribution in [0.25, 0.3) is 6.08 Å². The second kappa shape index (κ2) is 8.96. The third-order valence-corrected chi connectivity index (χ3v) is 3.49. The second-order valence-corrected chi connectivity index (χ2v) is 5.32. The third-order valence-electron chi connectivity index (χ3n) is 3.25. The zero-order chi connectivity index (χ0) is 16.5. The minimum absolute atomic E-state index is 0.0545. The lowest BCUT2D eigenvalue weighted by atomic mass is 10.2. The van der Waals surface area contributed by atoms with Crippen molar-refractivity contribution in [3.05, 3.63) is 46.0 Å². The Morgan fingerprint density at radius 2 is 2.35 bits per heavy atom. The van der Waals surface area contributed by atoms with Gasteiger partial charge in [0.25, 0.3) is 5.69 Å². The summed E-state index contributed by atoms with van der Waals surface area (Å²) in [5.41, 5.74) is 3.25. The molecule has 2 rings (SSSR count). The van der Waals surface area contributed by atoms with Crippen molar-refractivity contribution in [1.82, 2.24) is 10.7 Å². The lowest BCUT2D eigenvalue weighted by Crippen LogP contribution is -2.37. The Labute approximate surface area is 139 Å². The van der Waals surface area contributed by atoms with Gasteiger partial charge < -0.3 is 10.1 Å². The Balaban J connectivity index is 1.75. The molecule has 8 heteroatoms. The van der Waals surface area contributed by atoms with Crippen LogP contribution in [0, 0.1) is 10.1 Å². The van der Waals surface area contributed by atoms with Crippen LogP contribution >= 0.6 is 12.2 Å². The number of hydrogen-bond donors (Lipinski definition) is 2. The van der Waals surface area contributed by atoms with Crippen molar-refractivity contribution in [3.63, 3.8) is 0 Å². The molecule has 1 aromatic carbocycles. The lowest BCUT2D eigenvalue weighted by Gasteiger charge is -2.11. The fraction of sp³-hybridized carbons (Fsp3) is 0.333. The number of thiocarbonyl (C=S) groups is 1. The molecule has 0 aromatic heterocycles. The first-order chi connectivity index (χ1) is 11.2. The summed E-state index contributed by atoms with van der Waals surface area (Å²) in [7, 11) is 0. The first-order valence-corrected chi connectivity index (χ1v) is 7.66. The van der Waals surface area contributed by atoms with Gasteiger partial charge >= 0.3 is 0 Å². The first-order valence-electron chi connectivity index (χ1n) is 7.25. The minimum Gasteiger partial charge on any atom is -0.376 e. The molecule has 0 radical (unpaired) electrons. The number of hydrogen-bond acceptors (Lipinski definition) is 5. The van der Waals surface area contributed by atoms with Crippen molar-refractivity contribution in [2.24, 2.45) is 5.10 Å². The fourth-order valence-corrected chi connectivity index (χ4v) is 2.27. The highest BCUT2D eigenvalue weighted by Gasteiger charge is 2.14. The summed E-state index contributed by atoms with van der Waals surface area (Å²) >= 11 is 5.08. The molecule has 0 saturated carbocycles. The summed E-state index contributed by atoms with van der Waals surface area (Å²) in [4.78, 5) is 10.5. The average molecular weight is 334 g/mol. The summed E-state index contributed by atoms with van der Waals surface area (Å²) in [6.07, 6.45) is 7.04. The van der Waals surface area contributed by atoms with Gasteiger partial charge in [-0.25, -0.2) is 0 Å². The summed E-state index contributed by atoms with van der Waals surface area (Å²) in [5, 5.41) is 18.2. The molecule has 1 aromatic rings. The fourth-order valence-electron chi connectivity index (χ4n) is 2.13. The van der Waals surface area contributed by atoms with E-state index in [1.54, 1.807) is 30.4 Å². The predicted molar refractivity (Wildman–Crippen MR) is 93.3 cm³/mol. The highest BCUT2D eigenvalue weighted by atomic mass is 32.1. The van der Waals surface area contributed by atoms with Gasteiger partial charge in [-0.15, -0.1) is 0 Å². The highest BCUT2D eigenvalue weighted by molar-refractivity contribution is 7.80. The topological polar surface area (TPSA) is 88.8 Å². The number of nitro benzene ring substituents is 1. The molecule has 1 atom stereocenters. The minimum atomic E-state index is -0.417. The Bertz CT molecular complexity index is 612. The van der Waals surface area contributed by atoms with Crippen LogP contribution < -0.4 is 10.7 Å². The molecule has 0 aliphatic carbocycles. The number of para-hydroxylation sites is 1. The van der Waals surface area contributed by atoms with E-state index in [0.717, 1.165) is 19.4 Å². The Morgan fingerprint density at radius 1 is 1.52 bits per heavy atom. The van der Waals surface area contributed by atoms with Gasteiger partial charge in [-0.3, -0.25) is 15.5 Å². The number of rotatable bonds is 6. The normalized spacial score (nSPS) is 17.7. The van der Waals surface area contributed by atoms with E-state index in [0.29, 0.717) is 17.2 Å². The van der Waals surface area contributed by atoms with E-state index in [9.17, 15) is 10.1 Å². The molecule has 1 aliphatic heterocycles. The smallest absolute Gasteiger partial charge is 0.276 e. The Hall–Kier alpha value is -2.32. The molecule has 1 fully saturated rings. The molecule has 7 nitrogen and oxygen atoms in total. The Morgan fingerprint density at radius 3 is 3.09 bits per heavy atom. The SMILES string of the molecule is O=[N+]([O-])c1ccccc1/C=C/C=N\NC(=S)NC[C@H]1CCCO1. The van der Waals surface area contributed by atoms with E-state index in [4.69, 9.17) is 17.0 Å². The van der Waals surface area contributed by atoms with Crippen LogP contribution in [0.2, 0.25) is 0 Å². The van der Waals surface area contributed by atoms with Gasteiger partial charge in [0.1, 0.15) is 0 Å². The van der Waals surface area contributed by atoms with Crippen molar-refractivity contribution < 1.29 is 9.66 Å². The van der Waals surface area contributed by atoms with Gasteiger partial charge in [0.05, 0.1) is 16.6 Å². The van der Waals surface area contributed by atoms with Crippen molar-refractivity contribution >= 4 is 35.3 Å². The summed E-state index contributed by atoms with van der Waals surface area (Å²) in [5.74, 6) is 0. The van der Waals surface area contributed by atoms with Crippen molar-refractivity contribution in [2.75, 3.05) is 13.2 Å². The van der Waals surface area contributed by atoms with Crippen LogP contribution in [-0.4, -0.2) is 35.5 Å². The third kappa shape index (κ3) is 5.76. The van der Waals surface area contributed by atoms with E-state index in [1.165, 1.54) is 12.3 Å². The standard InChI is InChI=1S/C15H18N4O3S/c20-19(21)14-8-2-1-5-12(14)6-3-9-17-18-15(23)16-11-13-7-4-10-22-13/h1-3,5-6,8-9,13H,4,7,10-11H2,(H2,16,18,23)/b6-3+,17-9-/t13-/m1/s1. The van der Waals surface area contributed by atoms with Crippen molar-refractivity contribution in [3.8, 4) is 0 Å². The number of allylic oxidation sites excluding steroid dienone is 1. The monoisotopic (exact) mass is 334 g/mol. The van der Waals surface area contributed by atoms with E-state index in [2.05, 4.69) is 15.8 Å². The van der Waals surface area contributed by atoms with Crippen LogP contribution in [0.4, 0.5) is 5.69 Å². The van der Waals surface area contributed by atoms with Crippen molar-refractivity contribution in [2.45, 2.75) is 18.9 Å². The largest absolute Gasteiger partial charge is 0.376 e. The molecular formula is C15H18N4O3S.